The van der Waals surface area contributed by atoms with Gasteiger partial charge in [0.25, 0.3) is 0 Å². The van der Waals surface area contributed by atoms with Gasteiger partial charge in [0.2, 0.25) is 11.6 Å². The summed E-state index contributed by atoms with van der Waals surface area (Å²) in [5, 5.41) is 3.10. The van der Waals surface area contributed by atoms with E-state index in [2.05, 4.69) is 21.2 Å². The van der Waals surface area contributed by atoms with Crippen molar-refractivity contribution in [3.05, 3.63) is 69.3 Å². The molecule has 0 radical (unpaired) electrons. The molecule has 0 amide bonds. The first-order valence-electron chi connectivity index (χ1n) is 8.09. The van der Waals surface area contributed by atoms with E-state index in [0.29, 0.717) is 41.3 Å². The minimum atomic E-state index is -0.186. The van der Waals surface area contributed by atoms with Crippen LogP contribution in [0.15, 0.2) is 52.6 Å². The zero-order valence-corrected chi connectivity index (χ0v) is 16.1. The molecule has 0 saturated heterocycles. The number of carbonyl (C=O) groups is 2. The van der Waals surface area contributed by atoms with Crippen molar-refractivity contribution in [3.63, 3.8) is 0 Å². The number of halogens is 1. The average molecular weight is 416 g/mol. The molecule has 0 aromatic heterocycles. The van der Waals surface area contributed by atoms with Gasteiger partial charge in [-0.05, 0) is 40.0 Å². The highest BCUT2D eigenvalue weighted by molar-refractivity contribution is 9.12. The van der Waals surface area contributed by atoms with Gasteiger partial charge in [0.05, 0.1) is 18.7 Å². The van der Waals surface area contributed by atoms with Crippen LogP contribution in [0, 0.1) is 0 Å². The molecule has 0 bridgehead atoms. The minimum Gasteiger partial charge on any atom is -0.493 e. The number of nitrogens with one attached hydrogen (secondary N) is 1. The Hall–Kier alpha value is -2.60. The van der Waals surface area contributed by atoms with Crippen molar-refractivity contribution in [1.29, 1.82) is 0 Å². The quantitative estimate of drug-likeness (QED) is 0.781. The Morgan fingerprint density at radius 3 is 2.23 bits per heavy atom. The number of benzene rings is 2. The van der Waals surface area contributed by atoms with Gasteiger partial charge in [-0.3, -0.25) is 9.59 Å². The van der Waals surface area contributed by atoms with Gasteiger partial charge in [0.15, 0.2) is 11.5 Å². The highest BCUT2D eigenvalue weighted by atomic mass is 79.9. The molecule has 0 spiro atoms. The van der Waals surface area contributed by atoms with E-state index in [9.17, 15) is 9.59 Å². The minimum absolute atomic E-state index is 0.181. The average Bonchev–Trinajstić information content (AvgIpc) is 2.68. The van der Waals surface area contributed by atoms with Crippen LogP contribution in [-0.2, 0) is 6.42 Å². The molecule has 2 aromatic rings. The predicted octanol–water partition coefficient (Wildman–Crippen LogP) is 3.52. The number of hydrogen-bond acceptors (Lipinski definition) is 5. The fourth-order valence-corrected chi connectivity index (χ4v) is 3.40. The summed E-state index contributed by atoms with van der Waals surface area (Å²) in [5.74, 6) is 0.954. The number of allylic oxidation sites excluding steroid dienone is 2. The third-order valence-electron chi connectivity index (χ3n) is 4.23. The number of ketones is 2. The molecule has 6 heteroatoms. The molecule has 0 saturated carbocycles. The highest BCUT2D eigenvalue weighted by Gasteiger charge is 2.30. The Balaban J connectivity index is 1.73. The lowest BCUT2D eigenvalue weighted by Crippen LogP contribution is -2.30. The first kappa shape index (κ1) is 18.2. The molecule has 5 nitrogen and oxygen atoms in total. The van der Waals surface area contributed by atoms with Crippen LogP contribution < -0.4 is 14.8 Å². The number of Topliss-reactive ketones (excluding diaryl/α,β-unsaturated/α-hetero) is 2. The number of hydrogen-bond donors (Lipinski definition) is 1. The van der Waals surface area contributed by atoms with E-state index in [1.807, 2.05) is 18.2 Å². The largest absolute Gasteiger partial charge is 0.493 e. The van der Waals surface area contributed by atoms with E-state index in [1.54, 1.807) is 38.5 Å². The highest BCUT2D eigenvalue weighted by Crippen LogP contribution is 2.29. The summed E-state index contributed by atoms with van der Waals surface area (Å²) in [6.07, 6.45) is 0.660. The Bertz CT molecular complexity index is 904. The van der Waals surface area contributed by atoms with Crippen molar-refractivity contribution < 1.29 is 19.1 Å². The Morgan fingerprint density at radius 1 is 0.923 bits per heavy atom. The molecule has 0 aliphatic heterocycles. The van der Waals surface area contributed by atoms with Gasteiger partial charge in [0, 0.05) is 17.7 Å². The number of fused-ring (bicyclic) bond motifs is 1. The number of carbonyl (C=O) groups excluding carboxylic acids is 2. The van der Waals surface area contributed by atoms with Gasteiger partial charge >= 0.3 is 0 Å². The summed E-state index contributed by atoms with van der Waals surface area (Å²) in [4.78, 5) is 25.1. The van der Waals surface area contributed by atoms with Crippen LogP contribution in [0.1, 0.15) is 26.3 Å². The van der Waals surface area contributed by atoms with E-state index < -0.39 is 0 Å². The van der Waals surface area contributed by atoms with Crippen LogP contribution in [-0.4, -0.2) is 32.3 Å². The van der Waals surface area contributed by atoms with Crippen molar-refractivity contribution in [1.82, 2.24) is 5.32 Å². The van der Waals surface area contributed by atoms with E-state index in [1.165, 1.54) is 0 Å². The maximum absolute atomic E-state index is 12.7. The molecule has 0 unspecified atom stereocenters. The second-order valence-electron chi connectivity index (χ2n) is 5.76. The molecule has 0 fully saturated rings. The van der Waals surface area contributed by atoms with Gasteiger partial charge in [-0.25, -0.2) is 0 Å². The molecule has 1 aliphatic rings. The molecule has 0 atom stereocenters. The topological polar surface area (TPSA) is 64.6 Å². The summed E-state index contributed by atoms with van der Waals surface area (Å²) in [5.41, 5.74) is 2.18. The van der Waals surface area contributed by atoms with Crippen molar-refractivity contribution in [2.45, 2.75) is 6.42 Å². The first-order chi connectivity index (χ1) is 12.6. The monoisotopic (exact) mass is 415 g/mol. The molecular formula is C20H18BrNO4. The lowest BCUT2D eigenvalue weighted by atomic mass is 9.92. The summed E-state index contributed by atoms with van der Waals surface area (Å²) in [6.45, 7) is 0.501. The standard InChI is InChI=1S/C20H18BrNO4/c1-25-15-8-7-12(11-16(15)26-2)9-10-22-18-17(21)19(23)13-5-3-4-6-14(13)20(18)24/h3-8,11,22H,9-10H2,1-2H3. The SMILES string of the molecule is COc1ccc(CCNC2=C(Br)C(=O)c3ccccc3C2=O)cc1OC. The second kappa shape index (κ2) is 7.74. The second-order valence-corrected chi connectivity index (χ2v) is 6.55. The third kappa shape index (κ3) is 3.37. The number of ether oxygens (including phenoxy) is 2. The predicted molar refractivity (Wildman–Crippen MR) is 102 cm³/mol. The molecule has 0 heterocycles. The molecular weight excluding hydrogens is 398 g/mol. The normalized spacial score (nSPS) is 13.5. The molecule has 3 rings (SSSR count). The molecule has 1 aliphatic carbocycles. The lowest BCUT2D eigenvalue weighted by molar-refractivity contribution is 0.0976. The maximum atomic E-state index is 12.7. The zero-order chi connectivity index (χ0) is 18.7. The number of rotatable bonds is 6. The van der Waals surface area contributed by atoms with Crippen LogP contribution in [0.2, 0.25) is 0 Å². The van der Waals surface area contributed by atoms with Crippen LogP contribution in [0.5, 0.6) is 11.5 Å². The Labute approximate surface area is 160 Å². The fourth-order valence-electron chi connectivity index (χ4n) is 2.87. The van der Waals surface area contributed by atoms with Crippen molar-refractivity contribution in [2.24, 2.45) is 0 Å². The Morgan fingerprint density at radius 2 is 1.58 bits per heavy atom. The van der Waals surface area contributed by atoms with Gasteiger partial charge in [-0.2, -0.15) is 0 Å². The van der Waals surface area contributed by atoms with E-state index >= 15 is 0 Å². The molecule has 26 heavy (non-hydrogen) atoms. The van der Waals surface area contributed by atoms with Gasteiger partial charge < -0.3 is 14.8 Å². The van der Waals surface area contributed by atoms with Gasteiger partial charge in [-0.15, -0.1) is 0 Å². The van der Waals surface area contributed by atoms with E-state index in [4.69, 9.17) is 9.47 Å². The summed E-state index contributed by atoms with van der Waals surface area (Å²) < 4.78 is 10.8. The molecule has 1 N–H and O–H groups in total. The fraction of sp³-hybridized carbons (Fsp3) is 0.200. The van der Waals surface area contributed by atoms with Crippen molar-refractivity contribution >= 4 is 27.5 Å². The van der Waals surface area contributed by atoms with E-state index in [-0.39, 0.29) is 16.0 Å². The smallest absolute Gasteiger partial charge is 0.210 e. The van der Waals surface area contributed by atoms with Gasteiger partial charge in [0.1, 0.15) is 5.70 Å². The molecule has 134 valence electrons. The van der Waals surface area contributed by atoms with Crippen LogP contribution in [0.4, 0.5) is 0 Å². The summed E-state index contributed by atoms with van der Waals surface area (Å²) in [7, 11) is 3.18. The molecule has 2 aromatic carbocycles. The maximum Gasteiger partial charge on any atom is 0.210 e. The summed E-state index contributed by atoms with van der Waals surface area (Å²) in [6, 6.07) is 12.5. The zero-order valence-electron chi connectivity index (χ0n) is 14.5. The summed E-state index contributed by atoms with van der Waals surface area (Å²) >= 11 is 3.27. The first-order valence-corrected chi connectivity index (χ1v) is 8.89. The lowest BCUT2D eigenvalue weighted by Gasteiger charge is -2.19. The van der Waals surface area contributed by atoms with Crippen molar-refractivity contribution in [2.75, 3.05) is 20.8 Å². The third-order valence-corrected chi connectivity index (χ3v) is 4.98. The van der Waals surface area contributed by atoms with Gasteiger partial charge in [-0.1, -0.05) is 30.3 Å². The van der Waals surface area contributed by atoms with Crippen LogP contribution >= 0.6 is 15.9 Å². The number of methoxy groups -OCH3 is 2. The van der Waals surface area contributed by atoms with E-state index in [0.717, 1.165) is 5.56 Å². The van der Waals surface area contributed by atoms with Crippen LogP contribution in [0.3, 0.4) is 0 Å². The Kier molecular flexibility index (Phi) is 5.42. The van der Waals surface area contributed by atoms with Crippen LogP contribution in [0.25, 0.3) is 0 Å². The van der Waals surface area contributed by atoms with Crippen molar-refractivity contribution in [3.8, 4) is 11.5 Å².